The molecule has 1 fully saturated rings. The van der Waals surface area contributed by atoms with Gasteiger partial charge in [0.2, 0.25) is 0 Å². The number of benzene rings is 1. The van der Waals surface area contributed by atoms with E-state index in [2.05, 4.69) is 5.32 Å². The van der Waals surface area contributed by atoms with E-state index in [0.717, 1.165) is 18.9 Å². The molecule has 0 spiro atoms. The normalized spacial score (nSPS) is 25.5. The third-order valence-corrected chi connectivity index (χ3v) is 2.77. The van der Waals surface area contributed by atoms with Crippen LogP contribution in [0.3, 0.4) is 0 Å². The van der Waals surface area contributed by atoms with Crippen molar-refractivity contribution in [1.82, 2.24) is 0 Å². The average molecular weight is 213 g/mol. The van der Waals surface area contributed by atoms with Gasteiger partial charge in [0, 0.05) is 0 Å². The lowest BCUT2D eigenvalue weighted by Gasteiger charge is -2.18. The minimum Gasteiger partial charge on any atom is -0.391 e. The molecule has 0 bridgehead atoms. The first kappa shape index (κ1) is 10.4. The van der Waals surface area contributed by atoms with Crippen molar-refractivity contribution in [2.24, 2.45) is 0 Å². The number of hydrogen-bond acceptors (Lipinski definition) is 2. The molecule has 0 unspecified atom stereocenters. The third kappa shape index (κ3) is 2.09. The van der Waals surface area contributed by atoms with Crippen molar-refractivity contribution in [3.63, 3.8) is 0 Å². The summed E-state index contributed by atoms with van der Waals surface area (Å²) in [5.74, 6) is -1.75. The molecule has 1 aliphatic carbocycles. The standard InChI is InChI=1S/C11H13F2NO/c12-7-3-1-5-9(11(7)13)14-8-4-2-6-10(8)15/h1,3,5,8,10,14-15H,2,4,6H2/t8-,10-/m0/s1. The van der Waals surface area contributed by atoms with Crippen molar-refractivity contribution in [3.8, 4) is 0 Å². The van der Waals surface area contributed by atoms with Crippen molar-refractivity contribution in [2.75, 3.05) is 5.32 Å². The number of halogens is 2. The van der Waals surface area contributed by atoms with Crippen LogP contribution in [0.5, 0.6) is 0 Å². The summed E-state index contributed by atoms with van der Waals surface area (Å²) < 4.78 is 26.1. The van der Waals surface area contributed by atoms with Crippen LogP contribution in [0.25, 0.3) is 0 Å². The fraction of sp³-hybridized carbons (Fsp3) is 0.455. The molecule has 15 heavy (non-hydrogen) atoms. The zero-order valence-electron chi connectivity index (χ0n) is 8.21. The second-order valence-electron chi connectivity index (χ2n) is 3.85. The molecule has 1 aromatic carbocycles. The van der Waals surface area contributed by atoms with E-state index in [0.29, 0.717) is 6.42 Å². The van der Waals surface area contributed by atoms with E-state index < -0.39 is 17.7 Å². The summed E-state index contributed by atoms with van der Waals surface area (Å²) in [6.07, 6.45) is 1.95. The summed E-state index contributed by atoms with van der Waals surface area (Å²) in [6.45, 7) is 0. The van der Waals surface area contributed by atoms with Gasteiger partial charge < -0.3 is 10.4 Å². The van der Waals surface area contributed by atoms with Crippen molar-refractivity contribution in [1.29, 1.82) is 0 Å². The van der Waals surface area contributed by atoms with E-state index in [4.69, 9.17) is 0 Å². The lowest BCUT2D eigenvalue weighted by Crippen LogP contribution is -2.28. The molecule has 4 heteroatoms. The molecule has 0 radical (unpaired) electrons. The Balaban J connectivity index is 2.13. The highest BCUT2D eigenvalue weighted by Crippen LogP contribution is 2.25. The predicted octanol–water partition coefficient (Wildman–Crippen LogP) is 2.29. The maximum Gasteiger partial charge on any atom is 0.181 e. The number of aliphatic hydroxyl groups is 1. The number of nitrogens with one attached hydrogen (secondary N) is 1. The van der Waals surface area contributed by atoms with Gasteiger partial charge in [-0.15, -0.1) is 0 Å². The van der Waals surface area contributed by atoms with Crippen LogP contribution in [-0.4, -0.2) is 17.3 Å². The molecular weight excluding hydrogens is 200 g/mol. The monoisotopic (exact) mass is 213 g/mol. The zero-order chi connectivity index (χ0) is 10.8. The molecule has 82 valence electrons. The highest BCUT2D eigenvalue weighted by Gasteiger charge is 2.25. The Morgan fingerprint density at radius 1 is 1.27 bits per heavy atom. The quantitative estimate of drug-likeness (QED) is 0.790. The van der Waals surface area contributed by atoms with Crippen LogP contribution in [0.2, 0.25) is 0 Å². The molecule has 1 saturated carbocycles. The van der Waals surface area contributed by atoms with Crippen molar-refractivity contribution in [2.45, 2.75) is 31.4 Å². The molecule has 0 saturated heterocycles. The second kappa shape index (κ2) is 4.14. The number of rotatable bonds is 2. The number of hydrogen-bond donors (Lipinski definition) is 2. The van der Waals surface area contributed by atoms with E-state index in [1.807, 2.05) is 0 Å². The SMILES string of the molecule is O[C@H]1CCC[C@@H]1Nc1cccc(F)c1F. The molecule has 0 heterocycles. The Morgan fingerprint density at radius 2 is 2.07 bits per heavy atom. The van der Waals surface area contributed by atoms with Crippen molar-refractivity contribution in [3.05, 3.63) is 29.8 Å². The van der Waals surface area contributed by atoms with Crippen molar-refractivity contribution >= 4 is 5.69 Å². The predicted molar refractivity (Wildman–Crippen MR) is 53.6 cm³/mol. The first-order valence-electron chi connectivity index (χ1n) is 5.07. The molecule has 0 amide bonds. The van der Waals surface area contributed by atoms with Crippen LogP contribution < -0.4 is 5.32 Å². The maximum atomic E-state index is 13.3. The van der Waals surface area contributed by atoms with Crippen LogP contribution in [0.15, 0.2) is 18.2 Å². The van der Waals surface area contributed by atoms with Gasteiger partial charge in [-0.25, -0.2) is 8.78 Å². The van der Waals surface area contributed by atoms with Crippen LogP contribution in [-0.2, 0) is 0 Å². The fourth-order valence-corrected chi connectivity index (χ4v) is 1.92. The second-order valence-corrected chi connectivity index (χ2v) is 3.85. The van der Waals surface area contributed by atoms with Crippen LogP contribution in [0.1, 0.15) is 19.3 Å². The molecule has 0 aliphatic heterocycles. The third-order valence-electron chi connectivity index (χ3n) is 2.77. The molecule has 2 nitrogen and oxygen atoms in total. The highest BCUT2D eigenvalue weighted by molar-refractivity contribution is 5.46. The Kier molecular flexibility index (Phi) is 2.86. The number of anilines is 1. The van der Waals surface area contributed by atoms with E-state index in [-0.39, 0.29) is 11.7 Å². The van der Waals surface area contributed by atoms with E-state index in [1.54, 1.807) is 0 Å². The van der Waals surface area contributed by atoms with Gasteiger partial charge in [-0.1, -0.05) is 6.07 Å². The van der Waals surface area contributed by atoms with Crippen LogP contribution in [0.4, 0.5) is 14.5 Å². The van der Waals surface area contributed by atoms with Gasteiger partial charge >= 0.3 is 0 Å². The van der Waals surface area contributed by atoms with E-state index in [1.165, 1.54) is 12.1 Å². The Hall–Kier alpha value is -1.16. The minimum absolute atomic E-state index is 0.126. The Bertz CT molecular complexity index is 356. The maximum absolute atomic E-state index is 13.3. The van der Waals surface area contributed by atoms with Gasteiger partial charge in [0.25, 0.3) is 0 Å². The average Bonchev–Trinajstić information content (AvgIpc) is 2.60. The van der Waals surface area contributed by atoms with Gasteiger partial charge in [-0.2, -0.15) is 0 Å². The van der Waals surface area contributed by atoms with Crippen molar-refractivity contribution < 1.29 is 13.9 Å². The summed E-state index contributed by atoms with van der Waals surface area (Å²) in [6, 6.07) is 3.83. The largest absolute Gasteiger partial charge is 0.391 e. The number of aliphatic hydroxyl groups excluding tert-OH is 1. The first-order chi connectivity index (χ1) is 7.18. The van der Waals surface area contributed by atoms with Crippen LogP contribution >= 0.6 is 0 Å². The smallest absolute Gasteiger partial charge is 0.181 e. The Morgan fingerprint density at radius 3 is 2.73 bits per heavy atom. The molecule has 2 N–H and O–H groups in total. The van der Waals surface area contributed by atoms with Gasteiger partial charge in [0.15, 0.2) is 11.6 Å². The van der Waals surface area contributed by atoms with Gasteiger partial charge in [0.1, 0.15) is 0 Å². The topological polar surface area (TPSA) is 32.3 Å². The summed E-state index contributed by atoms with van der Waals surface area (Å²) in [7, 11) is 0. The lowest BCUT2D eigenvalue weighted by molar-refractivity contribution is 0.171. The van der Waals surface area contributed by atoms with Crippen LogP contribution in [0, 0.1) is 11.6 Å². The van der Waals surface area contributed by atoms with Gasteiger partial charge in [0.05, 0.1) is 17.8 Å². The lowest BCUT2D eigenvalue weighted by atomic mass is 10.2. The van der Waals surface area contributed by atoms with E-state index >= 15 is 0 Å². The molecule has 0 aromatic heterocycles. The van der Waals surface area contributed by atoms with E-state index in [9.17, 15) is 13.9 Å². The first-order valence-corrected chi connectivity index (χ1v) is 5.07. The fourth-order valence-electron chi connectivity index (χ4n) is 1.92. The summed E-state index contributed by atoms with van der Waals surface area (Å²) in [4.78, 5) is 0. The van der Waals surface area contributed by atoms with Gasteiger partial charge in [-0.3, -0.25) is 0 Å². The van der Waals surface area contributed by atoms with Gasteiger partial charge in [-0.05, 0) is 31.4 Å². The summed E-state index contributed by atoms with van der Waals surface area (Å²) in [5.41, 5.74) is 0.126. The Labute approximate surface area is 86.9 Å². The molecular formula is C11H13F2NO. The highest BCUT2D eigenvalue weighted by atomic mass is 19.2. The molecule has 1 aliphatic rings. The minimum atomic E-state index is -0.878. The summed E-state index contributed by atoms with van der Waals surface area (Å²) >= 11 is 0. The zero-order valence-corrected chi connectivity index (χ0v) is 8.21. The summed E-state index contributed by atoms with van der Waals surface area (Å²) in [5, 5.41) is 12.4. The molecule has 1 aromatic rings. The molecule has 2 atom stereocenters. The molecule has 2 rings (SSSR count).